The van der Waals surface area contributed by atoms with Crippen LogP contribution < -0.4 is 0 Å². The summed E-state index contributed by atoms with van der Waals surface area (Å²) in [5.41, 5.74) is 1.56. The number of cyclic esters (lactones) is 1. The molecular formula is C43H67NO12. The van der Waals surface area contributed by atoms with Gasteiger partial charge in [-0.2, -0.15) is 0 Å². The van der Waals surface area contributed by atoms with E-state index in [-0.39, 0.29) is 49.5 Å². The van der Waals surface area contributed by atoms with Crippen molar-refractivity contribution >= 4 is 23.4 Å². The van der Waals surface area contributed by atoms with Crippen LogP contribution >= 0.6 is 0 Å². The topological polar surface area (TPSA) is 189 Å². The smallest absolute Gasteiger partial charge is 0.329 e. The number of esters is 1. The Morgan fingerprint density at radius 3 is 2.30 bits per heavy atom. The van der Waals surface area contributed by atoms with Gasteiger partial charge >= 0.3 is 5.97 Å². The molecule has 0 aromatic heterocycles. The van der Waals surface area contributed by atoms with E-state index in [9.17, 15) is 39.6 Å². The van der Waals surface area contributed by atoms with Gasteiger partial charge in [-0.3, -0.25) is 14.4 Å². The first-order valence-electron chi connectivity index (χ1n) is 20.5. The fourth-order valence-corrected chi connectivity index (χ4v) is 9.22. The lowest BCUT2D eigenvalue weighted by atomic mass is 9.81. The number of hydrogen-bond acceptors (Lipinski definition) is 12. The van der Waals surface area contributed by atoms with Crippen molar-refractivity contribution in [2.24, 2.45) is 29.6 Å². The van der Waals surface area contributed by atoms with Crippen molar-refractivity contribution in [1.82, 2.24) is 4.90 Å². The van der Waals surface area contributed by atoms with Gasteiger partial charge in [-0.15, -0.1) is 6.58 Å². The van der Waals surface area contributed by atoms with Crippen LogP contribution in [0.1, 0.15) is 105 Å². The summed E-state index contributed by atoms with van der Waals surface area (Å²) in [6.45, 7) is 12.9. The summed E-state index contributed by atoms with van der Waals surface area (Å²) >= 11 is 0. The number of Topliss-reactive ketones (excluding diaryl/α,β-unsaturated/α-hetero) is 2. The Hall–Kier alpha value is -2.78. The number of fused-ring (bicyclic) bond motifs is 3. The van der Waals surface area contributed by atoms with Gasteiger partial charge in [0.2, 0.25) is 5.79 Å². The highest BCUT2D eigenvalue weighted by molar-refractivity contribution is 6.39. The van der Waals surface area contributed by atoms with Gasteiger partial charge in [0.05, 0.1) is 30.5 Å². The molecule has 13 nitrogen and oxygen atoms in total. The van der Waals surface area contributed by atoms with Crippen molar-refractivity contribution in [3.05, 3.63) is 36.0 Å². The number of ether oxygens (including phenoxy) is 4. The van der Waals surface area contributed by atoms with Crippen molar-refractivity contribution < 1.29 is 58.6 Å². The average molecular weight is 790 g/mol. The average Bonchev–Trinajstić information content (AvgIpc) is 3.16. The predicted molar refractivity (Wildman–Crippen MR) is 208 cm³/mol. The Balaban J connectivity index is 1.77. The van der Waals surface area contributed by atoms with Crippen LogP contribution in [0.15, 0.2) is 36.0 Å². The van der Waals surface area contributed by atoms with Gasteiger partial charge in [0.25, 0.3) is 11.7 Å². The summed E-state index contributed by atoms with van der Waals surface area (Å²) < 4.78 is 23.6. The molecule has 1 saturated carbocycles. The van der Waals surface area contributed by atoms with E-state index in [1.165, 1.54) is 14.0 Å². The number of aliphatic hydroxyl groups excluding tert-OH is 3. The summed E-state index contributed by atoms with van der Waals surface area (Å²) in [6, 6.07) is -1.17. The fraction of sp³-hybridized carbons (Fsp3) is 0.767. The highest BCUT2D eigenvalue weighted by Gasteiger charge is 2.56. The quantitative estimate of drug-likeness (QED) is 0.172. The summed E-state index contributed by atoms with van der Waals surface area (Å²) in [5.74, 6) is -8.21. The Kier molecular flexibility index (Phi) is 16.6. The zero-order chi connectivity index (χ0) is 41.5. The molecule has 2 saturated heterocycles. The fourth-order valence-electron chi connectivity index (χ4n) is 9.22. The van der Waals surface area contributed by atoms with Gasteiger partial charge in [0.15, 0.2) is 0 Å². The van der Waals surface area contributed by atoms with E-state index >= 15 is 0 Å². The van der Waals surface area contributed by atoms with E-state index in [1.54, 1.807) is 27.0 Å². The van der Waals surface area contributed by atoms with Gasteiger partial charge in [-0.1, -0.05) is 44.6 Å². The molecule has 56 heavy (non-hydrogen) atoms. The normalized spacial score (nSPS) is 41.5. The zero-order valence-corrected chi connectivity index (χ0v) is 34.4. The lowest BCUT2D eigenvalue weighted by Gasteiger charge is -2.46. The van der Waals surface area contributed by atoms with E-state index < -0.39 is 83.9 Å². The van der Waals surface area contributed by atoms with Crippen molar-refractivity contribution in [2.45, 2.75) is 160 Å². The van der Waals surface area contributed by atoms with Gasteiger partial charge in [0, 0.05) is 44.9 Å². The molecule has 2 bridgehead atoms. The van der Waals surface area contributed by atoms with Gasteiger partial charge in [0.1, 0.15) is 24.0 Å². The van der Waals surface area contributed by atoms with Crippen LogP contribution in [0.4, 0.5) is 0 Å². The SMILES string of the molecule is C=CC[C@@H]1/C=C(/C)C[C@H](C)C[C@H](OC)[C@H]2O[C@@](O)(C(=O)C(=O)N3CCCC[C@H]3C(=O)O[C@H](/C(C)=C/[C@@H]3CC[C@@H](O)[C@H](OC)C3)[C@H](C)[C@@H](O)CC1=O)[C@H](C)C[C@@H]2O. The summed E-state index contributed by atoms with van der Waals surface area (Å²) in [4.78, 5) is 57.4. The number of aliphatic hydroxyl groups is 4. The van der Waals surface area contributed by atoms with Crippen molar-refractivity contribution in [3.63, 3.8) is 0 Å². The molecule has 14 atom stereocenters. The van der Waals surface area contributed by atoms with Crippen LogP contribution in [-0.2, 0) is 38.1 Å². The highest BCUT2D eigenvalue weighted by Crippen LogP contribution is 2.38. The number of methoxy groups -OCH3 is 2. The predicted octanol–water partition coefficient (Wildman–Crippen LogP) is 3.98. The van der Waals surface area contributed by atoms with E-state index in [0.29, 0.717) is 56.9 Å². The molecule has 1 amide bonds. The zero-order valence-electron chi connectivity index (χ0n) is 34.4. The van der Waals surface area contributed by atoms with Gasteiger partial charge < -0.3 is 44.3 Å². The minimum Gasteiger partial charge on any atom is -0.456 e. The summed E-state index contributed by atoms with van der Waals surface area (Å²) in [6.07, 6.45) is 3.43. The van der Waals surface area contributed by atoms with E-state index in [4.69, 9.17) is 18.9 Å². The Labute approximate surface area is 332 Å². The lowest BCUT2D eigenvalue weighted by molar-refractivity contribution is -0.300. The molecule has 4 N–H and O–H groups in total. The number of ketones is 2. The molecule has 1 aliphatic carbocycles. The van der Waals surface area contributed by atoms with E-state index in [1.807, 2.05) is 26.0 Å². The molecule has 3 aliphatic heterocycles. The third-order valence-corrected chi connectivity index (χ3v) is 12.6. The largest absolute Gasteiger partial charge is 0.456 e. The molecular weight excluding hydrogens is 722 g/mol. The van der Waals surface area contributed by atoms with Crippen LogP contribution in [0.3, 0.4) is 0 Å². The molecule has 3 fully saturated rings. The van der Waals surface area contributed by atoms with Crippen LogP contribution in [0.5, 0.6) is 0 Å². The number of carbonyl (C=O) groups excluding carboxylic acids is 4. The minimum absolute atomic E-state index is 0.0192. The third-order valence-electron chi connectivity index (χ3n) is 12.6. The molecule has 0 aromatic carbocycles. The second kappa shape index (κ2) is 20.3. The van der Waals surface area contributed by atoms with Crippen molar-refractivity contribution in [1.29, 1.82) is 0 Å². The number of nitrogens with zero attached hydrogens (tertiary/aromatic N) is 1. The third kappa shape index (κ3) is 10.8. The van der Waals surface area contributed by atoms with Crippen LogP contribution in [-0.4, -0.2) is 124 Å². The van der Waals surface area contributed by atoms with Crippen molar-refractivity contribution in [3.8, 4) is 0 Å². The summed E-state index contributed by atoms with van der Waals surface area (Å²) in [7, 11) is 3.01. The first-order valence-corrected chi connectivity index (χ1v) is 20.5. The van der Waals surface area contributed by atoms with Gasteiger partial charge in [-0.25, -0.2) is 4.79 Å². The maximum atomic E-state index is 14.2. The van der Waals surface area contributed by atoms with E-state index in [2.05, 4.69) is 6.58 Å². The number of hydrogen-bond donors (Lipinski definition) is 4. The van der Waals surface area contributed by atoms with Crippen LogP contribution in [0, 0.1) is 29.6 Å². The van der Waals surface area contributed by atoms with Gasteiger partial charge in [-0.05, 0) is 95.5 Å². The molecule has 4 rings (SSSR count). The molecule has 0 aromatic rings. The number of carbonyl (C=O) groups is 4. The second-order valence-corrected chi connectivity index (χ2v) is 17.1. The monoisotopic (exact) mass is 789 g/mol. The Morgan fingerprint density at radius 1 is 0.946 bits per heavy atom. The highest BCUT2D eigenvalue weighted by atomic mass is 16.7. The molecule has 4 aliphatic rings. The molecule has 316 valence electrons. The Morgan fingerprint density at radius 2 is 1.64 bits per heavy atom. The first-order chi connectivity index (χ1) is 26.4. The minimum atomic E-state index is -2.59. The van der Waals surface area contributed by atoms with E-state index in [0.717, 1.165) is 10.5 Å². The molecule has 0 unspecified atom stereocenters. The second-order valence-electron chi connectivity index (χ2n) is 17.1. The van der Waals surface area contributed by atoms with Crippen LogP contribution in [0.2, 0.25) is 0 Å². The maximum Gasteiger partial charge on any atom is 0.329 e. The number of allylic oxidation sites excluding steroid dienone is 4. The molecule has 3 heterocycles. The summed E-state index contributed by atoms with van der Waals surface area (Å²) in [5, 5.41) is 45.1. The maximum absolute atomic E-state index is 14.2. The molecule has 13 heteroatoms. The number of piperidine rings is 1. The standard InChI is InChI=1S/C43H67NO12/c1-9-12-30-18-24(2)17-25(3)19-37(54-8)39-35(48)21-27(5)43(52,56-39)40(49)41(50)44-16-11-10-13-31(44)42(51)55-38(28(6)33(46)23-34(30)47)26(4)20-29-14-15-32(45)36(22-29)53-7/h9,18,20,25,27-33,35-39,45-46,48,52H,1,10-17,19,21-23H2,2-8H3/b24-18-,26-20+/t25-,27+,28+,29-,30+,31-,32+,33-,35-,36+,37-,38+,39-,43+/m0/s1. The Bertz CT molecular complexity index is 1460. The first kappa shape index (κ1) is 45.9. The molecule has 0 spiro atoms. The number of amides is 1. The van der Waals surface area contributed by atoms with Crippen molar-refractivity contribution in [2.75, 3.05) is 20.8 Å². The molecule has 0 radical (unpaired) electrons. The number of rotatable bonds is 6. The van der Waals surface area contributed by atoms with Crippen LogP contribution in [0.25, 0.3) is 0 Å². The lowest BCUT2D eigenvalue weighted by Crippen LogP contribution is -2.64.